The van der Waals surface area contributed by atoms with Crippen LogP contribution in [0, 0.1) is 0 Å². The van der Waals surface area contributed by atoms with E-state index in [4.69, 9.17) is 0 Å². The Bertz CT molecular complexity index is 1090. The molecular formula is C17H14N4O2S. The average Bonchev–Trinajstić information content (AvgIpc) is 3.23. The smallest absolute Gasteiger partial charge is 0.271 e. The van der Waals surface area contributed by atoms with E-state index in [0.29, 0.717) is 28.9 Å². The highest BCUT2D eigenvalue weighted by Gasteiger charge is 2.11. The third-order valence-electron chi connectivity index (χ3n) is 3.91. The van der Waals surface area contributed by atoms with Gasteiger partial charge in [-0.3, -0.25) is 14.2 Å². The maximum atomic E-state index is 12.3. The van der Waals surface area contributed by atoms with Crippen LogP contribution in [0.5, 0.6) is 0 Å². The summed E-state index contributed by atoms with van der Waals surface area (Å²) in [4.78, 5) is 31.9. The van der Waals surface area contributed by atoms with Crippen molar-refractivity contribution in [2.75, 3.05) is 6.54 Å². The maximum Gasteiger partial charge on any atom is 0.271 e. The Morgan fingerprint density at radius 1 is 1.29 bits per heavy atom. The zero-order valence-corrected chi connectivity index (χ0v) is 13.5. The first-order valence-electron chi connectivity index (χ1n) is 7.51. The standard InChI is InChI=1S/C17H14N4O2S/c22-16(12-9-19-13-4-2-1-3-11(12)13)18-6-7-21-10-20-14-5-8-24-15(14)17(21)23/h1-5,8-10,19H,6-7H2,(H,18,22). The van der Waals surface area contributed by atoms with Gasteiger partial charge in [-0.05, 0) is 17.5 Å². The zero-order chi connectivity index (χ0) is 16.5. The van der Waals surface area contributed by atoms with Gasteiger partial charge in [0.1, 0.15) is 4.70 Å². The van der Waals surface area contributed by atoms with Gasteiger partial charge in [0.2, 0.25) is 0 Å². The number of aromatic nitrogens is 3. The number of benzene rings is 1. The van der Waals surface area contributed by atoms with Crippen LogP contribution in [0.3, 0.4) is 0 Å². The fourth-order valence-corrected chi connectivity index (χ4v) is 3.48. The van der Waals surface area contributed by atoms with E-state index < -0.39 is 0 Å². The number of carbonyl (C=O) groups is 1. The zero-order valence-electron chi connectivity index (χ0n) is 12.7. The monoisotopic (exact) mass is 338 g/mol. The molecule has 24 heavy (non-hydrogen) atoms. The number of hydrogen-bond acceptors (Lipinski definition) is 4. The molecule has 0 spiro atoms. The van der Waals surface area contributed by atoms with Gasteiger partial charge in [-0.1, -0.05) is 18.2 Å². The first kappa shape index (κ1) is 14.6. The molecule has 0 saturated heterocycles. The molecule has 0 bridgehead atoms. The Hall–Kier alpha value is -2.93. The number of para-hydroxylation sites is 1. The number of aromatic amines is 1. The van der Waals surface area contributed by atoms with Crippen LogP contribution in [-0.4, -0.2) is 27.0 Å². The summed E-state index contributed by atoms with van der Waals surface area (Å²) in [5.41, 5.74) is 2.16. The normalized spacial score (nSPS) is 11.2. The van der Waals surface area contributed by atoms with Crippen molar-refractivity contribution >= 4 is 38.4 Å². The minimum Gasteiger partial charge on any atom is -0.360 e. The van der Waals surface area contributed by atoms with Crippen molar-refractivity contribution in [1.29, 1.82) is 0 Å². The number of hydrogen-bond donors (Lipinski definition) is 2. The number of carbonyl (C=O) groups excluding carboxylic acids is 1. The summed E-state index contributed by atoms with van der Waals surface area (Å²) in [6.45, 7) is 0.741. The lowest BCUT2D eigenvalue weighted by Crippen LogP contribution is -2.30. The Morgan fingerprint density at radius 3 is 3.08 bits per heavy atom. The SMILES string of the molecule is O=C(NCCn1cnc2ccsc2c1=O)c1c[nH]c2ccccc12. The van der Waals surface area contributed by atoms with Crippen molar-refractivity contribution in [3.05, 3.63) is 64.2 Å². The molecule has 0 aliphatic heterocycles. The number of H-pyrrole nitrogens is 1. The second kappa shape index (κ2) is 5.93. The molecule has 0 unspecified atom stereocenters. The number of thiophene rings is 1. The lowest BCUT2D eigenvalue weighted by molar-refractivity contribution is 0.0954. The minimum absolute atomic E-state index is 0.0728. The molecule has 6 nitrogen and oxygen atoms in total. The molecule has 0 aliphatic carbocycles. The molecular weight excluding hydrogens is 324 g/mol. The molecule has 120 valence electrons. The van der Waals surface area contributed by atoms with Gasteiger partial charge in [-0.2, -0.15) is 0 Å². The summed E-state index contributed by atoms with van der Waals surface area (Å²) in [6.07, 6.45) is 3.22. The Kier molecular flexibility index (Phi) is 3.62. The fraction of sp³-hybridized carbons (Fsp3) is 0.118. The Labute approximate surface area is 140 Å². The van der Waals surface area contributed by atoms with Crippen LogP contribution in [0.15, 0.2) is 53.0 Å². The van der Waals surface area contributed by atoms with Crippen molar-refractivity contribution in [1.82, 2.24) is 19.9 Å². The van der Waals surface area contributed by atoms with Crippen molar-refractivity contribution in [2.45, 2.75) is 6.54 Å². The van der Waals surface area contributed by atoms with Crippen LogP contribution in [0.25, 0.3) is 21.1 Å². The summed E-state index contributed by atoms with van der Waals surface area (Å²) in [7, 11) is 0. The Balaban J connectivity index is 1.47. The molecule has 0 atom stereocenters. The van der Waals surface area contributed by atoms with Gasteiger partial charge in [0.15, 0.2) is 0 Å². The topological polar surface area (TPSA) is 79.8 Å². The molecule has 0 fully saturated rings. The summed E-state index contributed by atoms with van der Waals surface area (Å²) in [5, 5.41) is 5.58. The maximum absolute atomic E-state index is 12.3. The van der Waals surface area contributed by atoms with Crippen LogP contribution < -0.4 is 10.9 Å². The molecule has 0 aliphatic rings. The summed E-state index contributed by atoms with van der Waals surface area (Å²) in [6, 6.07) is 9.47. The van der Waals surface area contributed by atoms with E-state index in [0.717, 1.165) is 10.9 Å². The van der Waals surface area contributed by atoms with Gasteiger partial charge in [-0.15, -0.1) is 11.3 Å². The predicted octanol–water partition coefficient (Wildman–Crippen LogP) is 2.37. The number of amides is 1. The van der Waals surface area contributed by atoms with E-state index in [-0.39, 0.29) is 11.5 Å². The third-order valence-corrected chi connectivity index (χ3v) is 4.80. The highest BCUT2D eigenvalue weighted by Crippen LogP contribution is 2.17. The molecule has 1 aromatic carbocycles. The van der Waals surface area contributed by atoms with Crippen LogP contribution in [-0.2, 0) is 6.54 Å². The molecule has 4 aromatic rings. The van der Waals surface area contributed by atoms with Crippen LogP contribution in [0.2, 0.25) is 0 Å². The summed E-state index contributed by atoms with van der Waals surface area (Å²) < 4.78 is 2.16. The third kappa shape index (κ3) is 2.48. The van der Waals surface area contributed by atoms with Gasteiger partial charge < -0.3 is 10.3 Å². The van der Waals surface area contributed by atoms with Crippen molar-refractivity contribution in [2.24, 2.45) is 0 Å². The van der Waals surface area contributed by atoms with Crippen LogP contribution >= 0.6 is 11.3 Å². The molecule has 2 N–H and O–H groups in total. The number of rotatable bonds is 4. The van der Waals surface area contributed by atoms with E-state index >= 15 is 0 Å². The number of nitrogens with one attached hydrogen (secondary N) is 2. The summed E-state index contributed by atoms with van der Waals surface area (Å²) >= 11 is 1.38. The van der Waals surface area contributed by atoms with E-state index in [2.05, 4.69) is 15.3 Å². The second-order valence-corrected chi connectivity index (χ2v) is 6.30. The largest absolute Gasteiger partial charge is 0.360 e. The van der Waals surface area contributed by atoms with E-state index in [1.807, 2.05) is 35.7 Å². The molecule has 3 aromatic heterocycles. The fourth-order valence-electron chi connectivity index (χ4n) is 2.68. The lowest BCUT2D eigenvalue weighted by atomic mass is 10.1. The highest BCUT2D eigenvalue weighted by atomic mass is 32.1. The van der Waals surface area contributed by atoms with E-state index in [1.165, 1.54) is 22.2 Å². The molecule has 3 heterocycles. The highest BCUT2D eigenvalue weighted by molar-refractivity contribution is 7.17. The molecule has 7 heteroatoms. The van der Waals surface area contributed by atoms with Crippen LogP contribution in [0.4, 0.5) is 0 Å². The molecule has 0 saturated carbocycles. The first-order chi connectivity index (χ1) is 11.7. The summed E-state index contributed by atoms with van der Waals surface area (Å²) in [5.74, 6) is -0.161. The first-order valence-corrected chi connectivity index (χ1v) is 8.39. The predicted molar refractivity (Wildman–Crippen MR) is 94.5 cm³/mol. The van der Waals surface area contributed by atoms with Gasteiger partial charge >= 0.3 is 0 Å². The number of fused-ring (bicyclic) bond motifs is 2. The van der Waals surface area contributed by atoms with Gasteiger partial charge in [0, 0.05) is 30.2 Å². The number of nitrogens with zero attached hydrogens (tertiary/aromatic N) is 2. The molecule has 1 amide bonds. The Morgan fingerprint density at radius 2 is 2.17 bits per heavy atom. The van der Waals surface area contributed by atoms with Crippen LogP contribution in [0.1, 0.15) is 10.4 Å². The van der Waals surface area contributed by atoms with Crippen molar-refractivity contribution in [3.63, 3.8) is 0 Å². The molecule has 0 radical (unpaired) electrons. The average molecular weight is 338 g/mol. The van der Waals surface area contributed by atoms with Gasteiger partial charge in [0.05, 0.1) is 17.4 Å². The van der Waals surface area contributed by atoms with Gasteiger partial charge in [0.25, 0.3) is 11.5 Å². The minimum atomic E-state index is -0.161. The van der Waals surface area contributed by atoms with E-state index in [1.54, 1.807) is 6.20 Å². The lowest BCUT2D eigenvalue weighted by Gasteiger charge is -2.07. The van der Waals surface area contributed by atoms with E-state index in [9.17, 15) is 9.59 Å². The molecule has 4 rings (SSSR count). The second-order valence-electron chi connectivity index (χ2n) is 5.38. The van der Waals surface area contributed by atoms with Crippen molar-refractivity contribution in [3.8, 4) is 0 Å². The van der Waals surface area contributed by atoms with Gasteiger partial charge in [-0.25, -0.2) is 4.98 Å². The van der Waals surface area contributed by atoms with Crippen molar-refractivity contribution < 1.29 is 4.79 Å². The quantitative estimate of drug-likeness (QED) is 0.599.